The van der Waals surface area contributed by atoms with Gasteiger partial charge in [0, 0.05) is 12.1 Å². The van der Waals surface area contributed by atoms with E-state index in [0.717, 1.165) is 5.76 Å². The van der Waals surface area contributed by atoms with Gasteiger partial charge in [-0.3, -0.25) is 9.59 Å². The van der Waals surface area contributed by atoms with Gasteiger partial charge in [0.05, 0.1) is 11.5 Å². The van der Waals surface area contributed by atoms with Crippen molar-refractivity contribution in [2.24, 2.45) is 5.92 Å². The van der Waals surface area contributed by atoms with Crippen LogP contribution in [0.3, 0.4) is 0 Å². The first-order valence-electron chi connectivity index (χ1n) is 7.30. The molecule has 5 heteroatoms. The van der Waals surface area contributed by atoms with E-state index in [9.17, 15) is 9.59 Å². The molecule has 0 fully saturated rings. The topological polar surface area (TPSA) is 65.7 Å². The zero-order chi connectivity index (χ0) is 16.6. The number of esters is 1. The van der Waals surface area contributed by atoms with E-state index >= 15 is 0 Å². The highest BCUT2D eigenvalue weighted by molar-refractivity contribution is 6.14. The van der Waals surface area contributed by atoms with Crippen molar-refractivity contribution in [2.45, 2.75) is 20.8 Å². The van der Waals surface area contributed by atoms with E-state index in [-0.39, 0.29) is 23.4 Å². The highest BCUT2D eigenvalue weighted by Crippen LogP contribution is 2.35. The van der Waals surface area contributed by atoms with E-state index in [0.29, 0.717) is 22.8 Å². The second-order valence-corrected chi connectivity index (χ2v) is 5.62. The first-order chi connectivity index (χ1) is 10.9. The molecule has 23 heavy (non-hydrogen) atoms. The van der Waals surface area contributed by atoms with E-state index in [1.54, 1.807) is 44.2 Å². The summed E-state index contributed by atoms with van der Waals surface area (Å²) in [7, 11) is 0. The number of Topliss-reactive ketones (excluding diaryl/α,β-unsaturated/α-hetero) is 1. The van der Waals surface area contributed by atoms with E-state index in [4.69, 9.17) is 13.9 Å². The Morgan fingerprint density at radius 1 is 1.22 bits per heavy atom. The second kappa shape index (κ2) is 5.76. The third-order valence-electron chi connectivity index (χ3n) is 3.37. The number of hydrogen-bond acceptors (Lipinski definition) is 5. The van der Waals surface area contributed by atoms with Crippen molar-refractivity contribution in [2.75, 3.05) is 0 Å². The fourth-order valence-corrected chi connectivity index (χ4v) is 2.12. The number of rotatable bonds is 3. The third-order valence-corrected chi connectivity index (χ3v) is 3.37. The van der Waals surface area contributed by atoms with E-state index in [1.165, 1.54) is 0 Å². The van der Waals surface area contributed by atoms with Crippen LogP contribution in [0.4, 0.5) is 0 Å². The maximum atomic E-state index is 12.3. The van der Waals surface area contributed by atoms with Crippen LogP contribution in [0, 0.1) is 12.8 Å². The van der Waals surface area contributed by atoms with Gasteiger partial charge in [-0.05, 0) is 31.2 Å². The molecule has 0 saturated carbocycles. The minimum atomic E-state index is -0.337. The number of allylic oxidation sites excluding steroid dienone is 1. The summed E-state index contributed by atoms with van der Waals surface area (Å²) in [5, 5.41) is 0. The molecular formula is C18H16O5. The number of ketones is 1. The molecule has 0 aliphatic carbocycles. The standard InChI is InChI=1S/C18H16O5/c1-10(2)18(20)22-13-6-7-14-15(8-13)23-16(17(14)19)9-12-5-4-11(3)21-12/h4-10H,1-3H3/b16-9+. The van der Waals surface area contributed by atoms with Crippen LogP contribution in [0.15, 0.2) is 40.5 Å². The minimum absolute atomic E-state index is 0.182. The molecule has 1 aromatic carbocycles. The molecule has 0 atom stereocenters. The molecular weight excluding hydrogens is 296 g/mol. The SMILES string of the molecule is Cc1ccc(/C=C2/Oc3cc(OC(=O)C(C)C)ccc3C2=O)o1. The van der Waals surface area contributed by atoms with Gasteiger partial charge in [0.1, 0.15) is 23.0 Å². The quantitative estimate of drug-likeness (QED) is 0.490. The van der Waals surface area contributed by atoms with Gasteiger partial charge in [-0.2, -0.15) is 0 Å². The largest absolute Gasteiger partial charge is 0.462 e. The number of benzene rings is 1. The van der Waals surface area contributed by atoms with Crippen LogP contribution in [0.2, 0.25) is 0 Å². The smallest absolute Gasteiger partial charge is 0.313 e. The van der Waals surface area contributed by atoms with Crippen LogP contribution in [-0.4, -0.2) is 11.8 Å². The van der Waals surface area contributed by atoms with E-state index in [1.807, 2.05) is 13.0 Å². The first-order valence-corrected chi connectivity index (χ1v) is 7.30. The molecule has 0 bridgehead atoms. The Hall–Kier alpha value is -2.82. The second-order valence-electron chi connectivity index (χ2n) is 5.62. The number of furan rings is 1. The molecule has 1 aliphatic heterocycles. The molecule has 1 aromatic heterocycles. The lowest BCUT2D eigenvalue weighted by molar-refractivity contribution is -0.137. The van der Waals surface area contributed by atoms with Crippen molar-refractivity contribution in [1.82, 2.24) is 0 Å². The Morgan fingerprint density at radius 3 is 2.65 bits per heavy atom. The lowest BCUT2D eigenvalue weighted by Crippen LogP contribution is -2.14. The average Bonchev–Trinajstić information content (AvgIpc) is 3.03. The summed E-state index contributed by atoms with van der Waals surface area (Å²) >= 11 is 0. The summed E-state index contributed by atoms with van der Waals surface area (Å²) in [4.78, 5) is 23.9. The minimum Gasteiger partial charge on any atom is -0.462 e. The van der Waals surface area contributed by atoms with Crippen molar-refractivity contribution < 1.29 is 23.5 Å². The van der Waals surface area contributed by atoms with Crippen molar-refractivity contribution in [1.29, 1.82) is 0 Å². The molecule has 0 amide bonds. The molecule has 5 nitrogen and oxygen atoms in total. The average molecular weight is 312 g/mol. The molecule has 3 rings (SSSR count). The van der Waals surface area contributed by atoms with Gasteiger partial charge in [-0.15, -0.1) is 0 Å². The Balaban J connectivity index is 1.85. The molecule has 0 radical (unpaired) electrons. The zero-order valence-electron chi connectivity index (χ0n) is 13.1. The summed E-state index contributed by atoms with van der Waals surface area (Å²) in [6.45, 7) is 5.33. The fourth-order valence-electron chi connectivity index (χ4n) is 2.12. The Kier molecular flexibility index (Phi) is 3.78. The van der Waals surface area contributed by atoms with Crippen LogP contribution in [0.25, 0.3) is 6.08 Å². The van der Waals surface area contributed by atoms with Crippen LogP contribution < -0.4 is 9.47 Å². The van der Waals surface area contributed by atoms with E-state index < -0.39 is 0 Å². The fraction of sp³-hybridized carbons (Fsp3) is 0.222. The Morgan fingerprint density at radius 2 is 2.00 bits per heavy atom. The van der Waals surface area contributed by atoms with Crippen LogP contribution >= 0.6 is 0 Å². The van der Waals surface area contributed by atoms with Gasteiger partial charge >= 0.3 is 5.97 Å². The maximum Gasteiger partial charge on any atom is 0.313 e. The molecule has 0 spiro atoms. The van der Waals surface area contributed by atoms with Crippen molar-refractivity contribution in [3.63, 3.8) is 0 Å². The van der Waals surface area contributed by atoms with Gasteiger partial charge in [0.25, 0.3) is 0 Å². The van der Waals surface area contributed by atoms with Crippen LogP contribution in [0.1, 0.15) is 35.7 Å². The summed E-state index contributed by atoms with van der Waals surface area (Å²) < 4.78 is 16.2. The number of carbonyl (C=O) groups is 2. The van der Waals surface area contributed by atoms with Crippen LogP contribution in [0.5, 0.6) is 11.5 Å². The van der Waals surface area contributed by atoms with Crippen molar-refractivity contribution in [3.8, 4) is 11.5 Å². The molecule has 0 saturated heterocycles. The van der Waals surface area contributed by atoms with Gasteiger partial charge < -0.3 is 13.9 Å². The van der Waals surface area contributed by atoms with Gasteiger partial charge in [0.2, 0.25) is 5.78 Å². The van der Waals surface area contributed by atoms with Gasteiger partial charge in [-0.25, -0.2) is 0 Å². The van der Waals surface area contributed by atoms with E-state index in [2.05, 4.69) is 0 Å². The summed E-state index contributed by atoms with van der Waals surface area (Å²) in [6, 6.07) is 8.29. The molecule has 1 aliphatic rings. The summed E-state index contributed by atoms with van der Waals surface area (Å²) in [5.74, 6) is 1.41. The molecule has 0 N–H and O–H groups in total. The number of fused-ring (bicyclic) bond motifs is 1. The summed E-state index contributed by atoms with van der Waals surface area (Å²) in [6.07, 6.45) is 1.55. The molecule has 0 unspecified atom stereocenters. The maximum absolute atomic E-state index is 12.3. The molecule has 2 heterocycles. The lowest BCUT2D eigenvalue weighted by Gasteiger charge is -2.07. The Bertz CT molecular complexity index is 811. The highest BCUT2D eigenvalue weighted by Gasteiger charge is 2.28. The van der Waals surface area contributed by atoms with Gasteiger partial charge in [0.15, 0.2) is 5.76 Å². The highest BCUT2D eigenvalue weighted by atomic mass is 16.5. The predicted molar refractivity (Wildman–Crippen MR) is 83.3 cm³/mol. The van der Waals surface area contributed by atoms with Crippen LogP contribution in [-0.2, 0) is 4.79 Å². The number of carbonyl (C=O) groups excluding carboxylic acids is 2. The number of aryl methyl sites for hydroxylation is 1. The molecule has 2 aromatic rings. The normalized spacial score (nSPS) is 15.0. The zero-order valence-corrected chi connectivity index (χ0v) is 13.1. The number of ether oxygens (including phenoxy) is 2. The lowest BCUT2D eigenvalue weighted by atomic mass is 10.1. The Labute approximate surface area is 133 Å². The third kappa shape index (κ3) is 3.04. The summed E-state index contributed by atoms with van der Waals surface area (Å²) in [5.41, 5.74) is 0.434. The molecule has 118 valence electrons. The number of hydrogen-bond donors (Lipinski definition) is 0. The first kappa shape index (κ1) is 15.1. The predicted octanol–water partition coefficient (Wildman–Crippen LogP) is 3.77. The monoisotopic (exact) mass is 312 g/mol. The van der Waals surface area contributed by atoms with Crippen molar-refractivity contribution >= 4 is 17.8 Å². The van der Waals surface area contributed by atoms with Gasteiger partial charge in [-0.1, -0.05) is 13.8 Å². The van der Waals surface area contributed by atoms with Crippen molar-refractivity contribution in [3.05, 3.63) is 53.2 Å².